The van der Waals surface area contributed by atoms with Crippen molar-refractivity contribution in [3.05, 3.63) is 51.0 Å². The lowest BCUT2D eigenvalue weighted by molar-refractivity contribution is -0.141. The van der Waals surface area contributed by atoms with Crippen LogP contribution in [-0.4, -0.2) is 31.3 Å². The Bertz CT molecular complexity index is 996. The second-order valence-corrected chi connectivity index (χ2v) is 7.83. The van der Waals surface area contributed by atoms with Gasteiger partial charge < -0.3 is 20.1 Å². The zero-order valence-electron chi connectivity index (χ0n) is 15.5. The number of halogens is 1. The molecule has 0 aromatic heterocycles. The zero-order valence-corrected chi connectivity index (χ0v) is 17.1. The van der Waals surface area contributed by atoms with Crippen LogP contribution in [0.1, 0.15) is 31.7 Å². The molecule has 1 aromatic carbocycles. The Hall–Kier alpha value is -2.61. The molecule has 1 aliphatic carbocycles. The van der Waals surface area contributed by atoms with Crippen LogP contribution in [0.3, 0.4) is 0 Å². The number of likely N-dealkylation sites (N-methyl/N-ethyl adjacent to an activating group) is 1. The summed E-state index contributed by atoms with van der Waals surface area (Å²) in [6, 6.07) is 5.32. The van der Waals surface area contributed by atoms with Gasteiger partial charge in [-0.15, -0.1) is 0 Å². The molecule has 1 atom stereocenters. The fourth-order valence-corrected chi connectivity index (χ4v) is 4.71. The molecule has 2 heterocycles. The van der Waals surface area contributed by atoms with Crippen molar-refractivity contribution in [2.24, 2.45) is 5.73 Å². The minimum absolute atomic E-state index is 0.0981. The van der Waals surface area contributed by atoms with Crippen LogP contribution in [0.4, 0.5) is 5.69 Å². The second-order valence-electron chi connectivity index (χ2n) is 6.91. The van der Waals surface area contributed by atoms with Gasteiger partial charge >= 0.3 is 5.97 Å². The van der Waals surface area contributed by atoms with Crippen LogP contribution in [0.2, 0.25) is 0 Å². The minimum Gasteiger partial charge on any atom is -0.462 e. The van der Waals surface area contributed by atoms with Gasteiger partial charge in [-0.2, -0.15) is 0 Å². The summed E-state index contributed by atoms with van der Waals surface area (Å²) in [4.78, 5) is 41.1. The van der Waals surface area contributed by atoms with Crippen LogP contribution in [-0.2, 0) is 29.3 Å². The molecule has 0 saturated carbocycles. The SMILES string of the molecule is CCOC(=O)C1=C(N)OC2=C(C(=O)CCC2)[C@]12C(=O)N(C)c1ccc(Br)cc12. The number of esters is 1. The highest BCUT2D eigenvalue weighted by Gasteiger charge is 2.63. The Morgan fingerprint density at radius 1 is 1.36 bits per heavy atom. The summed E-state index contributed by atoms with van der Waals surface area (Å²) < 4.78 is 11.6. The van der Waals surface area contributed by atoms with Crippen molar-refractivity contribution in [2.45, 2.75) is 31.6 Å². The molecule has 0 saturated heterocycles. The molecule has 0 fully saturated rings. The van der Waals surface area contributed by atoms with Gasteiger partial charge in [0, 0.05) is 35.6 Å². The van der Waals surface area contributed by atoms with Crippen LogP contribution in [0, 0.1) is 0 Å². The van der Waals surface area contributed by atoms with Crippen molar-refractivity contribution >= 4 is 39.3 Å². The molecular weight excluding hydrogens is 428 g/mol. The van der Waals surface area contributed by atoms with E-state index in [4.69, 9.17) is 15.2 Å². The number of nitrogens with two attached hydrogens (primary N) is 1. The van der Waals surface area contributed by atoms with E-state index in [1.807, 2.05) is 0 Å². The minimum atomic E-state index is -1.66. The third kappa shape index (κ3) is 2.30. The molecule has 146 valence electrons. The standard InChI is InChI=1S/C20H19BrN2O5/c1-3-27-18(25)16-17(22)28-14-6-4-5-13(24)15(14)20(16)11-9-10(21)7-8-12(11)23(2)19(20)26/h7-9H,3-6,22H2,1-2H3/t20-/m0/s1. The lowest BCUT2D eigenvalue weighted by Gasteiger charge is -2.38. The maximum Gasteiger partial charge on any atom is 0.341 e. The summed E-state index contributed by atoms with van der Waals surface area (Å²) in [6.45, 7) is 1.76. The van der Waals surface area contributed by atoms with E-state index < -0.39 is 17.3 Å². The number of nitrogens with zero attached hydrogens (tertiary/aromatic N) is 1. The van der Waals surface area contributed by atoms with Gasteiger partial charge in [-0.05, 0) is 31.5 Å². The Morgan fingerprint density at radius 2 is 2.11 bits per heavy atom. The predicted molar refractivity (Wildman–Crippen MR) is 104 cm³/mol. The largest absolute Gasteiger partial charge is 0.462 e. The van der Waals surface area contributed by atoms with Crippen molar-refractivity contribution in [3.8, 4) is 0 Å². The van der Waals surface area contributed by atoms with Gasteiger partial charge in [-0.25, -0.2) is 4.79 Å². The van der Waals surface area contributed by atoms with Gasteiger partial charge in [-0.3, -0.25) is 9.59 Å². The monoisotopic (exact) mass is 446 g/mol. The first kappa shape index (κ1) is 18.7. The molecule has 0 radical (unpaired) electrons. The Morgan fingerprint density at radius 3 is 2.82 bits per heavy atom. The average molecular weight is 447 g/mol. The highest BCUT2D eigenvalue weighted by Crippen LogP contribution is 2.56. The number of amides is 1. The summed E-state index contributed by atoms with van der Waals surface area (Å²) in [6.07, 6.45) is 1.35. The Balaban J connectivity index is 2.12. The summed E-state index contributed by atoms with van der Waals surface area (Å²) in [5.41, 5.74) is 5.69. The number of benzene rings is 1. The number of rotatable bonds is 2. The zero-order chi connectivity index (χ0) is 20.2. The van der Waals surface area contributed by atoms with Gasteiger partial charge in [0.25, 0.3) is 0 Å². The number of allylic oxidation sites excluding steroid dienone is 1. The van der Waals surface area contributed by atoms with E-state index in [9.17, 15) is 14.4 Å². The summed E-state index contributed by atoms with van der Waals surface area (Å²) in [5, 5.41) is 0. The van der Waals surface area contributed by atoms with Crippen molar-refractivity contribution in [3.63, 3.8) is 0 Å². The van der Waals surface area contributed by atoms with Crippen molar-refractivity contribution in [2.75, 3.05) is 18.6 Å². The molecule has 4 rings (SSSR count). The second kappa shape index (κ2) is 6.48. The number of carbonyl (C=O) groups excluding carboxylic acids is 3. The smallest absolute Gasteiger partial charge is 0.341 e. The van der Waals surface area contributed by atoms with E-state index in [2.05, 4.69) is 15.9 Å². The van der Waals surface area contributed by atoms with E-state index in [-0.39, 0.29) is 35.8 Å². The summed E-state index contributed by atoms with van der Waals surface area (Å²) in [7, 11) is 1.62. The predicted octanol–water partition coefficient (Wildman–Crippen LogP) is 2.43. The fourth-order valence-electron chi connectivity index (χ4n) is 4.35. The molecular formula is C20H19BrN2O5. The van der Waals surface area contributed by atoms with Crippen LogP contribution in [0.25, 0.3) is 0 Å². The molecule has 7 nitrogen and oxygen atoms in total. The normalized spacial score (nSPS) is 23.8. The fraction of sp³-hybridized carbons (Fsp3) is 0.350. The quantitative estimate of drug-likeness (QED) is 0.700. The van der Waals surface area contributed by atoms with Crippen molar-refractivity contribution in [1.82, 2.24) is 0 Å². The molecule has 0 bridgehead atoms. The maximum absolute atomic E-state index is 13.7. The van der Waals surface area contributed by atoms with Crippen molar-refractivity contribution < 1.29 is 23.9 Å². The Labute approximate surface area is 170 Å². The topological polar surface area (TPSA) is 98.9 Å². The number of ether oxygens (including phenoxy) is 2. The van der Waals surface area contributed by atoms with E-state index in [1.165, 1.54) is 4.90 Å². The van der Waals surface area contributed by atoms with E-state index >= 15 is 0 Å². The molecule has 1 amide bonds. The molecule has 3 aliphatic rings. The third-order valence-corrected chi connectivity index (χ3v) is 5.92. The van der Waals surface area contributed by atoms with Gasteiger partial charge in [0.1, 0.15) is 16.7 Å². The Kier molecular flexibility index (Phi) is 4.33. The average Bonchev–Trinajstić information content (AvgIpc) is 2.84. The van der Waals surface area contributed by atoms with E-state index in [0.717, 1.165) is 0 Å². The maximum atomic E-state index is 13.7. The number of carbonyl (C=O) groups is 3. The van der Waals surface area contributed by atoms with E-state index in [0.29, 0.717) is 34.3 Å². The number of ketones is 1. The lowest BCUT2D eigenvalue weighted by atomic mass is 9.64. The summed E-state index contributed by atoms with van der Waals surface area (Å²) in [5.74, 6) is -1.24. The molecule has 1 spiro atoms. The molecule has 0 unspecified atom stereocenters. The van der Waals surface area contributed by atoms with Crippen molar-refractivity contribution in [1.29, 1.82) is 0 Å². The highest BCUT2D eigenvalue weighted by molar-refractivity contribution is 9.10. The van der Waals surface area contributed by atoms with Gasteiger partial charge in [-0.1, -0.05) is 15.9 Å². The third-order valence-electron chi connectivity index (χ3n) is 5.42. The van der Waals surface area contributed by atoms with Crippen LogP contribution in [0.5, 0.6) is 0 Å². The lowest BCUT2D eigenvalue weighted by Crippen LogP contribution is -2.50. The molecule has 2 aliphatic heterocycles. The number of anilines is 1. The van der Waals surface area contributed by atoms with Crippen LogP contribution < -0.4 is 10.6 Å². The number of fused-ring (bicyclic) bond motifs is 3. The molecule has 28 heavy (non-hydrogen) atoms. The first-order chi connectivity index (χ1) is 13.3. The molecule has 8 heteroatoms. The number of Topliss-reactive ketones (excluding diaryl/α,β-unsaturated/α-hetero) is 1. The van der Waals surface area contributed by atoms with Crippen LogP contribution in [0.15, 0.2) is 45.5 Å². The van der Waals surface area contributed by atoms with Gasteiger partial charge in [0.05, 0.1) is 12.2 Å². The summed E-state index contributed by atoms with van der Waals surface area (Å²) >= 11 is 3.44. The first-order valence-corrected chi connectivity index (χ1v) is 9.83. The first-order valence-electron chi connectivity index (χ1n) is 9.04. The van der Waals surface area contributed by atoms with Crippen LogP contribution >= 0.6 is 15.9 Å². The molecule has 1 aromatic rings. The number of hydrogen-bond donors (Lipinski definition) is 1. The van der Waals surface area contributed by atoms with E-state index in [1.54, 1.807) is 32.2 Å². The van der Waals surface area contributed by atoms with Gasteiger partial charge in [0.2, 0.25) is 11.8 Å². The highest BCUT2D eigenvalue weighted by atomic mass is 79.9. The molecule has 2 N–H and O–H groups in total. The number of hydrogen-bond acceptors (Lipinski definition) is 6. The van der Waals surface area contributed by atoms with Gasteiger partial charge in [0.15, 0.2) is 5.78 Å².